The third-order valence-electron chi connectivity index (χ3n) is 2.39. The molecule has 0 aliphatic rings. The fraction of sp³-hybridized carbons (Fsp3) is 0.750. The summed E-state index contributed by atoms with van der Waals surface area (Å²) >= 11 is 0. The SMILES string of the molecule is CC(C)Cn1ncc(NCCO)c1C(C)C. The number of aliphatic hydroxyl groups excluding tert-OH is 1. The fourth-order valence-electron chi connectivity index (χ4n) is 1.82. The number of hydrogen-bond acceptors (Lipinski definition) is 3. The van der Waals surface area contributed by atoms with Gasteiger partial charge in [-0.05, 0) is 11.8 Å². The van der Waals surface area contributed by atoms with Crippen LogP contribution in [0.2, 0.25) is 0 Å². The van der Waals surface area contributed by atoms with E-state index in [4.69, 9.17) is 5.11 Å². The first-order chi connectivity index (χ1) is 7.56. The van der Waals surface area contributed by atoms with Gasteiger partial charge in [0.2, 0.25) is 0 Å². The number of rotatable bonds is 6. The third-order valence-corrected chi connectivity index (χ3v) is 2.39. The molecule has 1 rings (SSSR count). The van der Waals surface area contributed by atoms with Crippen LogP contribution in [0.4, 0.5) is 5.69 Å². The molecule has 0 spiro atoms. The molecule has 0 amide bonds. The zero-order chi connectivity index (χ0) is 12.1. The Hall–Kier alpha value is -1.03. The predicted octanol–water partition coefficient (Wildman–Crippen LogP) is 2.07. The van der Waals surface area contributed by atoms with E-state index in [1.807, 2.05) is 6.20 Å². The summed E-state index contributed by atoms with van der Waals surface area (Å²) in [6.07, 6.45) is 1.85. The minimum Gasteiger partial charge on any atom is -0.395 e. The van der Waals surface area contributed by atoms with Gasteiger partial charge in [0.1, 0.15) is 0 Å². The zero-order valence-electron chi connectivity index (χ0n) is 10.7. The van der Waals surface area contributed by atoms with Crippen LogP contribution in [-0.2, 0) is 6.54 Å². The lowest BCUT2D eigenvalue weighted by Crippen LogP contribution is -2.13. The van der Waals surface area contributed by atoms with E-state index in [1.54, 1.807) is 0 Å². The molecule has 0 saturated heterocycles. The number of anilines is 1. The monoisotopic (exact) mass is 225 g/mol. The maximum Gasteiger partial charge on any atom is 0.0762 e. The van der Waals surface area contributed by atoms with Gasteiger partial charge in [0, 0.05) is 13.1 Å². The molecule has 16 heavy (non-hydrogen) atoms. The molecule has 0 atom stereocenters. The van der Waals surface area contributed by atoms with Crippen molar-refractivity contribution in [2.75, 3.05) is 18.5 Å². The van der Waals surface area contributed by atoms with Gasteiger partial charge in [0.05, 0.1) is 24.2 Å². The van der Waals surface area contributed by atoms with Crippen LogP contribution < -0.4 is 5.32 Å². The zero-order valence-corrected chi connectivity index (χ0v) is 10.7. The molecular formula is C12H23N3O. The molecule has 0 fully saturated rings. The number of aliphatic hydroxyl groups is 1. The van der Waals surface area contributed by atoms with Gasteiger partial charge < -0.3 is 10.4 Å². The Balaban J connectivity index is 2.88. The highest BCUT2D eigenvalue weighted by Gasteiger charge is 2.14. The van der Waals surface area contributed by atoms with Crippen molar-refractivity contribution in [2.45, 2.75) is 40.2 Å². The second kappa shape index (κ2) is 5.89. The molecule has 1 heterocycles. The van der Waals surface area contributed by atoms with E-state index in [1.165, 1.54) is 5.69 Å². The van der Waals surface area contributed by atoms with Crippen LogP contribution >= 0.6 is 0 Å². The first-order valence-corrected chi connectivity index (χ1v) is 5.96. The number of nitrogens with one attached hydrogen (secondary N) is 1. The Morgan fingerprint density at radius 1 is 1.38 bits per heavy atom. The van der Waals surface area contributed by atoms with Crippen molar-refractivity contribution in [1.82, 2.24) is 9.78 Å². The Morgan fingerprint density at radius 3 is 2.56 bits per heavy atom. The molecule has 4 heteroatoms. The van der Waals surface area contributed by atoms with Crippen molar-refractivity contribution in [3.8, 4) is 0 Å². The standard InChI is InChI=1S/C12H23N3O/c1-9(2)8-15-12(10(3)4)11(7-14-15)13-5-6-16/h7,9-10,13,16H,5-6,8H2,1-4H3. The van der Waals surface area contributed by atoms with Crippen LogP contribution in [0.5, 0.6) is 0 Å². The van der Waals surface area contributed by atoms with E-state index >= 15 is 0 Å². The Morgan fingerprint density at radius 2 is 2.06 bits per heavy atom. The average Bonchev–Trinajstić information content (AvgIpc) is 2.56. The molecule has 0 saturated carbocycles. The molecule has 1 aromatic heterocycles. The minimum absolute atomic E-state index is 0.146. The maximum absolute atomic E-state index is 8.82. The van der Waals surface area contributed by atoms with E-state index in [0.717, 1.165) is 12.2 Å². The summed E-state index contributed by atoms with van der Waals surface area (Å²) in [5, 5.41) is 16.4. The lowest BCUT2D eigenvalue weighted by atomic mass is 10.1. The lowest BCUT2D eigenvalue weighted by Gasteiger charge is -2.14. The van der Waals surface area contributed by atoms with E-state index in [2.05, 4.69) is 42.8 Å². The summed E-state index contributed by atoms with van der Waals surface area (Å²) < 4.78 is 2.06. The van der Waals surface area contributed by atoms with Gasteiger partial charge in [0.25, 0.3) is 0 Å². The molecule has 2 N–H and O–H groups in total. The number of aromatic nitrogens is 2. The molecule has 1 aromatic rings. The molecule has 0 radical (unpaired) electrons. The topological polar surface area (TPSA) is 50.1 Å². The van der Waals surface area contributed by atoms with Gasteiger partial charge in [-0.25, -0.2) is 0 Å². The predicted molar refractivity (Wildman–Crippen MR) is 66.7 cm³/mol. The van der Waals surface area contributed by atoms with Gasteiger partial charge in [-0.2, -0.15) is 5.10 Å². The van der Waals surface area contributed by atoms with Gasteiger partial charge in [-0.1, -0.05) is 27.7 Å². The van der Waals surface area contributed by atoms with Crippen molar-refractivity contribution in [2.24, 2.45) is 5.92 Å². The highest BCUT2D eigenvalue weighted by molar-refractivity contribution is 5.48. The highest BCUT2D eigenvalue weighted by atomic mass is 16.3. The normalized spacial score (nSPS) is 11.4. The van der Waals surface area contributed by atoms with E-state index in [9.17, 15) is 0 Å². The smallest absolute Gasteiger partial charge is 0.0762 e. The maximum atomic E-state index is 8.82. The summed E-state index contributed by atoms with van der Waals surface area (Å²) in [5.74, 6) is 1.02. The summed E-state index contributed by atoms with van der Waals surface area (Å²) in [7, 11) is 0. The van der Waals surface area contributed by atoms with Gasteiger partial charge in [-0.3, -0.25) is 4.68 Å². The molecule has 0 bridgehead atoms. The molecular weight excluding hydrogens is 202 g/mol. The molecule has 0 aliphatic carbocycles. The Labute approximate surface area is 97.7 Å². The van der Waals surface area contributed by atoms with Gasteiger partial charge in [-0.15, -0.1) is 0 Å². The summed E-state index contributed by atoms with van der Waals surface area (Å²) in [6.45, 7) is 10.4. The van der Waals surface area contributed by atoms with E-state index in [0.29, 0.717) is 18.4 Å². The van der Waals surface area contributed by atoms with Crippen molar-refractivity contribution in [3.05, 3.63) is 11.9 Å². The second-order valence-corrected chi connectivity index (χ2v) is 4.82. The third kappa shape index (κ3) is 3.23. The van der Waals surface area contributed by atoms with Crippen molar-refractivity contribution in [3.63, 3.8) is 0 Å². The minimum atomic E-state index is 0.146. The van der Waals surface area contributed by atoms with Crippen molar-refractivity contribution < 1.29 is 5.11 Å². The lowest BCUT2D eigenvalue weighted by molar-refractivity contribution is 0.311. The van der Waals surface area contributed by atoms with E-state index in [-0.39, 0.29) is 6.61 Å². The summed E-state index contributed by atoms with van der Waals surface area (Å²) in [4.78, 5) is 0. The van der Waals surface area contributed by atoms with Crippen LogP contribution in [0.15, 0.2) is 6.20 Å². The molecule has 0 aliphatic heterocycles. The van der Waals surface area contributed by atoms with Crippen molar-refractivity contribution in [1.29, 1.82) is 0 Å². The largest absolute Gasteiger partial charge is 0.395 e. The van der Waals surface area contributed by atoms with Gasteiger partial charge in [0.15, 0.2) is 0 Å². The van der Waals surface area contributed by atoms with Crippen molar-refractivity contribution >= 4 is 5.69 Å². The van der Waals surface area contributed by atoms with Crippen LogP contribution in [0.3, 0.4) is 0 Å². The molecule has 0 aromatic carbocycles. The first kappa shape index (κ1) is 13.0. The molecule has 0 unspecified atom stereocenters. The summed E-state index contributed by atoms with van der Waals surface area (Å²) in [5.41, 5.74) is 2.27. The summed E-state index contributed by atoms with van der Waals surface area (Å²) in [6, 6.07) is 0. The highest BCUT2D eigenvalue weighted by Crippen LogP contribution is 2.24. The number of nitrogens with zero attached hydrogens (tertiary/aromatic N) is 2. The first-order valence-electron chi connectivity index (χ1n) is 5.96. The Kier molecular flexibility index (Phi) is 4.80. The van der Waals surface area contributed by atoms with E-state index < -0.39 is 0 Å². The van der Waals surface area contributed by atoms with Gasteiger partial charge >= 0.3 is 0 Å². The van der Waals surface area contributed by atoms with Crippen LogP contribution in [0.1, 0.15) is 39.3 Å². The van der Waals surface area contributed by atoms with Crippen LogP contribution in [0, 0.1) is 5.92 Å². The average molecular weight is 225 g/mol. The second-order valence-electron chi connectivity index (χ2n) is 4.82. The van der Waals surface area contributed by atoms with Crippen LogP contribution in [0.25, 0.3) is 0 Å². The Bertz CT molecular complexity index is 318. The fourth-order valence-corrected chi connectivity index (χ4v) is 1.82. The number of hydrogen-bond donors (Lipinski definition) is 2. The molecule has 4 nitrogen and oxygen atoms in total. The van der Waals surface area contributed by atoms with Crippen LogP contribution in [-0.4, -0.2) is 28.0 Å². The molecule has 92 valence electrons. The quantitative estimate of drug-likeness (QED) is 0.779.